The molecule has 1 atom stereocenters. The minimum Gasteiger partial charge on any atom is -0.293 e. The highest BCUT2D eigenvalue weighted by atomic mass is 16.2. The monoisotopic (exact) mass is 328 g/mol. The van der Waals surface area contributed by atoms with E-state index in [0.717, 1.165) is 5.56 Å². The molecule has 0 saturated heterocycles. The Morgan fingerprint density at radius 3 is 1.36 bits per heavy atom. The average Bonchev–Trinajstić information content (AvgIpc) is 2.70. The van der Waals surface area contributed by atoms with Crippen LogP contribution in [0.25, 0.3) is 0 Å². The molecule has 124 valence electrons. The van der Waals surface area contributed by atoms with Crippen molar-refractivity contribution in [3.05, 3.63) is 108 Å². The lowest BCUT2D eigenvalue weighted by Crippen LogP contribution is -2.29. The molecule has 3 aromatic carbocycles. The summed E-state index contributed by atoms with van der Waals surface area (Å²) in [5, 5.41) is 0. The highest BCUT2D eigenvalue weighted by molar-refractivity contribution is 6.16. The maximum absolute atomic E-state index is 13.2. The van der Waals surface area contributed by atoms with Crippen molar-refractivity contribution >= 4 is 11.6 Å². The third-order valence-electron chi connectivity index (χ3n) is 4.51. The van der Waals surface area contributed by atoms with Gasteiger partial charge in [0.1, 0.15) is 0 Å². The second-order valence-corrected chi connectivity index (χ2v) is 6.14. The zero-order valence-corrected chi connectivity index (χ0v) is 14.1. The van der Waals surface area contributed by atoms with Gasteiger partial charge in [0, 0.05) is 11.1 Å². The first-order valence-electron chi connectivity index (χ1n) is 8.42. The Kier molecular flexibility index (Phi) is 5.20. The molecule has 0 aliphatic carbocycles. The molecule has 0 N–H and O–H groups in total. The Bertz CT molecular complexity index is 788. The minimum absolute atomic E-state index is 0.134. The van der Waals surface area contributed by atoms with Crippen LogP contribution in [0.4, 0.5) is 0 Å². The van der Waals surface area contributed by atoms with E-state index in [-0.39, 0.29) is 17.5 Å². The first-order chi connectivity index (χ1) is 12.2. The first-order valence-corrected chi connectivity index (χ1v) is 8.42. The van der Waals surface area contributed by atoms with Gasteiger partial charge in [-0.15, -0.1) is 0 Å². The summed E-state index contributed by atoms with van der Waals surface area (Å²) >= 11 is 0. The molecule has 2 heteroatoms. The molecule has 3 aromatic rings. The standard InChI is InChI=1S/C23H20O2/c1-17(18-11-5-2-6-12-18)21(22(24)19-13-7-3-8-14-19)23(25)20-15-9-4-10-16-20/h2-17,21H,1H3. The fraction of sp³-hybridized carbons (Fsp3) is 0.130. The summed E-state index contributed by atoms with van der Waals surface area (Å²) in [6.45, 7) is 1.95. The van der Waals surface area contributed by atoms with Crippen molar-refractivity contribution in [3.8, 4) is 0 Å². The van der Waals surface area contributed by atoms with E-state index in [9.17, 15) is 9.59 Å². The molecule has 0 aliphatic heterocycles. The Morgan fingerprint density at radius 2 is 0.960 bits per heavy atom. The third kappa shape index (κ3) is 3.74. The Hall–Kier alpha value is -3.00. The summed E-state index contributed by atoms with van der Waals surface area (Å²) in [5.74, 6) is -1.22. The van der Waals surface area contributed by atoms with Crippen LogP contribution < -0.4 is 0 Å². The van der Waals surface area contributed by atoms with Crippen molar-refractivity contribution in [2.24, 2.45) is 5.92 Å². The number of benzene rings is 3. The molecule has 0 saturated carbocycles. The van der Waals surface area contributed by atoms with Crippen molar-refractivity contribution in [2.45, 2.75) is 12.8 Å². The fourth-order valence-corrected chi connectivity index (χ4v) is 3.09. The molecule has 1 unspecified atom stereocenters. The molecule has 0 aliphatic rings. The summed E-state index contributed by atoms with van der Waals surface area (Å²) in [6.07, 6.45) is 0. The SMILES string of the molecule is CC(c1ccccc1)C(C(=O)c1ccccc1)C(=O)c1ccccc1. The van der Waals surface area contributed by atoms with Crippen LogP contribution >= 0.6 is 0 Å². The number of carbonyl (C=O) groups is 2. The van der Waals surface area contributed by atoms with Crippen molar-refractivity contribution in [2.75, 3.05) is 0 Å². The van der Waals surface area contributed by atoms with Crippen LogP contribution in [0.1, 0.15) is 39.1 Å². The molecule has 25 heavy (non-hydrogen) atoms. The molecule has 0 aromatic heterocycles. The summed E-state index contributed by atoms with van der Waals surface area (Å²) in [6, 6.07) is 27.8. The molecule has 0 fully saturated rings. The Morgan fingerprint density at radius 1 is 0.600 bits per heavy atom. The molecule has 0 bridgehead atoms. The van der Waals surface area contributed by atoms with Crippen LogP contribution in [-0.4, -0.2) is 11.6 Å². The Balaban J connectivity index is 2.02. The molecule has 2 nitrogen and oxygen atoms in total. The summed E-state index contributed by atoms with van der Waals surface area (Å²) in [5.41, 5.74) is 2.13. The van der Waals surface area contributed by atoms with Crippen LogP contribution in [0.2, 0.25) is 0 Å². The molecule has 0 spiro atoms. The lowest BCUT2D eigenvalue weighted by atomic mass is 9.78. The van der Waals surface area contributed by atoms with Crippen LogP contribution in [0.15, 0.2) is 91.0 Å². The zero-order chi connectivity index (χ0) is 17.6. The molecule has 0 radical (unpaired) electrons. The predicted octanol–water partition coefficient (Wildman–Crippen LogP) is 5.17. The smallest absolute Gasteiger partial charge is 0.174 e. The van der Waals surface area contributed by atoms with E-state index in [1.165, 1.54) is 0 Å². The van der Waals surface area contributed by atoms with Crippen LogP contribution in [0.5, 0.6) is 0 Å². The van der Waals surface area contributed by atoms with Gasteiger partial charge in [0.2, 0.25) is 0 Å². The number of hydrogen-bond donors (Lipinski definition) is 0. The van der Waals surface area contributed by atoms with E-state index in [4.69, 9.17) is 0 Å². The van der Waals surface area contributed by atoms with Crippen LogP contribution in [-0.2, 0) is 0 Å². The van der Waals surface area contributed by atoms with Crippen LogP contribution in [0.3, 0.4) is 0 Å². The molecule has 0 amide bonds. The largest absolute Gasteiger partial charge is 0.293 e. The van der Waals surface area contributed by atoms with Gasteiger partial charge in [0.15, 0.2) is 11.6 Å². The van der Waals surface area contributed by atoms with Gasteiger partial charge in [-0.2, -0.15) is 0 Å². The number of ketones is 2. The van der Waals surface area contributed by atoms with Crippen molar-refractivity contribution in [3.63, 3.8) is 0 Å². The molecule has 3 rings (SSSR count). The zero-order valence-electron chi connectivity index (χ0n) is 14.1. The van der Waals surface area contributed by atoms with Gasteiger partial charge in [0.05, 0.1) is 5.92 Å². The van der Waals surface area contributed by atoms with E-state index in [1.54, 1.807) is 24.3 Å². The second-order valence-electron chi connectivity index (χ2n) is 6.14. The first kappa shape index (κ1) is 16.8. The van der Waals surface area contributed by atoms with Gasteiger partial charge in [-0.3, -0.25) is 9.59 Å². The van der Waals surface area contributed by atoms with Gasteiger partial charge in [-0.1, -0.05) is 97.9 Å². The van der Waals surface area contributed by atoms with Gasteiger partial charge in [-0.25, -0.2) is 0 Å². The predicted molar refractivity (Wildman–Crippen MR) is 99.9 cm³/mol. The number of Topliss-reactive ketones (excluding diaryl/α,β-unsaturated/α-hetero) is 2. The quantitative estimate of drug-likeness (QED) is 0.462. The Labute approximate surface area is 148 Å². The van der Waals surface area contributed by atoms with Gasteiger partial charge >= 0.3 is 0 Å². The third-order valence-corrected chi connectivity index (χ3v) is 4.51. The van der Waals surface area contributed by atoms with Crippen molar-refractivity contribution in [1.29, 1.82) is 0 Å². The molecular weight excluding hydrogens is 308 g/mol. The van der Waals surface area contributed by atoms with E-state index >= 15 is 0 Å². The summed E-state index contributed by atoms with van der Waals surface area (Å²) in [7, 11) is 0. The minimum atomic E-state index is -0.743. The molecular formula is C23H20O2. The maximum Gasteiger partial charge on any atom is 0.174 e. The molecule has 0 heterocycles. The van der Waals surface area contributed by atoms with Crippen molar-refractivity contribution < 1.29 is 9.59 Å². The second kappa shape index (κ2) is 7.71. The van der Waals surface area contributed by atoms with Gasteiger partial charge in [0.25, 0.3) is 0 Å². The topological polar surface area (TPSA) is 34.1 Å². The van der Waals surface area contributed by atoms with Crippen molar-refractivity contribution in [1.82, 2.24) is 0 Å². The van der Waals surface area contributed by atoms with E-state index in [0.29, 0.717) is 11.1 Å². The van der Waals surface area contributed by atoms with E-state index < -0.39 is 5.92 Å². The lowest BCUT2D eigenvalue weighted by molar-refractivity contribution is 0.0787. The summed E-state index contributed by atoms with van der Waals surface area (Å²) in [4.78, 5) is 26.3. The average molecular weight is 328 g/mol. The fourth-order valence-electron chi connectivity index (χ4n) is 3.09. The lowest BCUT2D eigenvalue weighted by Gasteiger charge is -2.22. The summed E-state index contributed by atoms with van der Waals surface area (Å²) < 4.78 is 0. The number of rotatable bonds is 6. The maximum atomic E-state index is 13.2. The highest BCUT2D eigenvalue weighted by Crippen LogP contribution is 2.30. The number of carbonyl (C=O) groups excluding carboxylic acids is 2. The van der Waals surface area contributed by atoms with E-state index in [1.807, 2.05) is 73.7 Å². The van der Waals surface area contributed by atoms with E-state index in [2.05, 4.69) is 0 Å². The number of hydrogen-bond acceptors (Lipinski definition) is 2. The highest BCUT2D eigenvalue weighted by Gasteiger charge is 2.34. The van der Waals surface area contributed by atoms with Crippen LogP contribution in [0, 0.1) is 5.92 Å². The normalized spacial score (nSPS) is 11.9. The van der Waals surface area contributed by atoms with Gasteiger partial charge < -0.3 is 0 Å². The van der Waals surface area contributed by atoms with Gasteiger partial charge in [-0.05, 0) is 11.5 Å².